The van der Waals surface area contributed by atoms with Crippen molar-refractivity contribution in [3.05, 3.63) is 52.0 Å². The summed E-state index contributed by atoms with van der Waals surface area (Å²) in [6.45, 7) is 5.09. The van der Waals surface area contributed by atoms with Crippen LogP contribution < -0.4 is 4.90 Å². The molecule has 0 atom stereocenters. The lowest BCUT2D eigenvalue weighted by Gasteiger charge is -2.30. The highest BCUT2D eigenvalue weighted by molar-refractivity contribution is 9.08. The lowest BCUT2D eigenvalue weighted by atomic mass is 10.1. The number of hydrogen-bond donors (Lipinski definition) is 0. The van der Waals surface area contributed by atoms with Crippen LogP contribution >= 0.6 is 27.3 Å². The van der Waals surface area contributed by atoms with Gasteiger partial charge in [-0.3, -0.25) is 0 Å². The minimum atomic E-state index is -0.147. The van der Waals surface area contributed by atoms with E-state index in [2.05, 4.69) is 52.2 Å². The largest absolute Gasteiger partial charge is 0.364 e. The first-order valence-electron chi connectivity index (χ1n) is 6.26. The predicted octanol–water partition coefficient (Wildman–Crippen LogP) is 5.20. The molecule has 1 aromatic carbocycles. The van der Waals surface area contributed by atoms with Crippen molar-refractivity contribution in [2.24, 2.45) is 0 Å². The Morgan fingerprint density at radius 3 is 2.63 bits per heavy atom. The molecule has 0 aliphatic rings. The topological polar surface area (TPSA) is 3.24 Å². The van der Waals surface area contributed by atoms with Gasteiger partial charge in [0.1, 0.15) is 5.82 Å². The highest BCUT2D eigenvalue weighted by Crippen LogP contribution is 2.29. The summed E-state index contributed by atoms with van der Waals surface area (Å²) < 4.78 is 13.9. The Bertz CT molecular complexity index is 525. The Hall–Kier alpha value is -0.870. The smallest absolute Gasteiger partial charge is 0.129 e. The normalized spacial score (nSPS) is 11.0. The summed E-state index contributed by atoms with van der Waals surface area (Å²) in [5.74, 6) is -0.147. The fourth-order valence-electron chi connectivity index (χ4n) is 2.06. The molecule has 2 rings (SSSR count). The maximum atomic E-state index is 13.9. The number of nitrogens with zero attached hydrogens (tertiary/aromatic N) is 1. The zero-order chi connectivity index (χ0) is 13.8. The van der Waals surface area contributed by atoms with Crippen LogP contribution in [0.1, 0.15) is 24.3 Å². The lowest BCUT2D eigenvalue weighted by Crippen LogP contribution is -2.30. The molecule has 0 bridgehead atoms. The number of benzene rings is 1. The van der Waals surface area contributed by atoms with Crippen molar-refractivity contribution in [1.29, 1.82) is 0 Å². The molecule has 0 amide bonds. The third-order valence-electron chi connectivity index (χ3n) is 3.07. The van der Waals surface area contributed by atoms with Crippen LogP contribution in [-0.2, 0) is 11.9 Å². The van der Waals surface area contributed by atoms with Gasteiger partial charge in [0, 0.05) is 27.5 Å². The zero-order valence-corrected chi connectivity index (χ0v) is 13.5. The van der Waals surface area contributed by atoms with E-state index >= 15 is 0 Å². The van der Waals surface area contributed by atoms with E-state index in [0.29, 0.717) is 11.4 Å². The second-order valence-electron chi connectivity index (χ2n) is 4.67. The standard InChI is InChI=1S/C15H17BrFNS/c1-11(2)18(10-12-5-4-8-19-12)15-7-3-6-14(17)13(15)9-16/h3-8,11H,9-10H2,1-2H3. The van der Waals surface area contributed by atoms with Crippen LogP contribution in [0, 0.1) is 5.82 Å². The van der Waals surface area contributed by atoms with Gasteiger partial charge in [-0.1, -0.05) is 28.1 Å². The fraction of sp³-hybridized carbons (Fsp3) is 0.333. The molecule has 4 heteroatoms. The second kappa shape index (κ2) is 6.53. The second-order valence-corrected chi connectivity index (χ2v) is 6.27. The Morgan fingerprint density at radius 1 is 1.26 bits per heavy atom. The highest BCUT2D eigenvalue weighted by atomic mass is 79.9. The Balaban J connectivity index is 2.36. The first-order chi connectivity index (χ1) is 9.13. The van der Waals surface area contributed by atoms with Gasteiger partial charge in [-0.05, 0) is 37.4 Å². The van der Waals surface area contributed by atoms with Crippen LogP contribution in [0.5, 0.6) is 0 Å². The van der Waals surface area contributed by atoms with E-state index in [1.54, 1.807) is 17.4 Å². The van der Waals surface area contributed by atoms with Crippen LogP contribution in [0.25, 0.3) is 0 Å². The summed E-state index contributed by atoms with van der Waals surface area (Å²) in [5, 5.41) is 2.60. The first-order valence-corrected chi connectivity index (χ1v) is 8.26. The van der Waals surface area contributed by atoms with E-state index in [1.165, 1.54) is 10.9 Å². The summed E-state index contributed by atoms with van der Waals surface area (Å²) in [6.07, 6.45) is 0. The zero-order valence-electron chi connectivity index (χ0n) is 11.1. The van der Waals surface area contributed by atoms with Gasteiger partial charge >= 0.3 is 0 Å². The summed E-state index contributed by atoms with van der Waals surface area (Å²) in [5.41, 5.74) is 1.70. The van der Waals surface area contributed by atoms with Gasteiger partial charge in [-0.15, -0.1) is 11.3 Å². The molecule has 102 valence electrons. The van der Waals surface area contributed by atoms with E-state index in [4.69, 9.17) is 0 Å². The third-order valence-corrected chi connectivity index (χ3v) is 4.49. The van der Waals surface area contributed by atoms with Gasteiger partial charge < -0.3 is 4.90 Å². The number of anilines is 1. The molecule has 0 saturated heterocycles. The highest BCUT2D eigenvalue weighted by Gasteiger charge is 2.17. The molecular formula is C15H17BrFNS. The van der Waals surface area contributed by atoms with Gasteiger partial charge in [0.15, 0.2) is 0 Å². The fourth-order valence-corrected chi connectivity index (χ4v) is 3.32. The average molecular weight is 342 g/mol. The van der Waals surface area contributed by atoms with Crippen LogP contribution in [-0.4, -0.2) is 6.04 Å². The SMILES string of the molecule is CC(C)N(Cc1cccs1)c1cccc(F)c1CBr. The molecule has 2 aromatic rings. The number of halogens is 2. The summed E-state index contributed by atoms with van der Waals surface area (Å²) in [4.78, 5) is 3.53. The van der Waals surface area contributed by atoms with Gasteiger partial charge in [0.2, 0.25) is 0 Å². The average Bonchev–Trinajstić information content (AvgIpc) is 2.88. The van der Waals surface area contributed by atoms with Crippen LogP contribution in [0.4, 0.5) is 10.1 Å². The molecule has 19 heavy (non-hydrogen) atoms. The molecule has 0 N–H and O–H groups in total. The van der Waals surface area contributed by atoms with E-state index in [0.717, 1.165) is 17.8 Å². The lowest BCUT2D eigenvalue weighted by molar-refractivity contribution is 0.611. The number of hydrogen-bond acceptors (Lipinski definition) is 2. The molecule has 0 fully saturated rings. The van der Waals surface area contributed by atoms with E-state index in [-0.39, 0.29) is 5.82 Å². The maximum Gasteiger partial charge on any atom is 0.129 e. The molecule has 0 radical (unpaired) electrons. The van der Waals surface area contributed by atoms with E-state index in [9.17, 15) is 4.39 Å². The molecule has 0 aliphatic heterocycles. The van der Waals surface area contributed by atoms with E-state index in [1.807, 2.05) is 6.07 Å². The summed E-state index contributed by atoms with van der Waals surface area (Å²) in [7, 11) is 0. The van der Waals surface area contributed by atoms with Crippen molar-refractivity contribution in [1.82, 2.24) is 0 Å². The van der Waals surface area contributed by atoms with Gasteiger partial charge in [0.25, 0.3) is 0 Å². The van der Waals surface area contributed by atoms with Gasteiger partial charge in [0.05, 0.1) is 6.54 Å². The monoisotopic (exact) mass is 341 g/mol. The molecule has 0 unspecified atom stereocenters. The molecule has 0 saturated carbocycles. The van der Waals surface area contributed by atoms with E-state index < -0.39 is 0 Å². The van der Waals surface area contributed by atoms with Gasteiger partial charge in [-0.25, -0.2) is 4.39 Å². The Morgan fingerprint density at radius 2 is 2.05 bits per heavy atom. The van der Waals surface area contributed by atoms with Crippen LogP contribution in [0.15, 0.2) is 35.7 Å². The molecule has 0 aliphatic carbocycles. The van der Waals surface area contributed by atoms with Crippen molar-refractivity contribution in [2.45, 2.75) is 31.8 Å². The van der Waals surface area contributed by atoms with Crippen LogP contribution in [0.3, 0.4) is 0 Å². The maximum absolute atomic E-state index is 13.9. The minimum Gasteiger partial charge on any atom is -0.364 e. The van der Waals surface area contributed by atoms with Crippen molar-refractivity contribution >= 4 is 33.0 Å². The van der Waals surface area contributed by atoms with Crippen LogP contribution in [0.2, 0.25) is 0 Å². The van der Waals surface area contributed by atoms with Crippen molar-refractivity contribution < 1.29 is 4.39 Å². The summed E-state index contributed by atoms with van der Waals surface area (Å²) >= 11 is 5.12. The molecule has 1 heterocycles. The Kier molecular flexibility index (Phi) is 4.99. The van der Waals surface area contributed by atoms with Crippen molar-refractivity contribution in [3.8, 4) is 0 Å². The third kappa shape index (κ3) is 3.37. The molecular weight excluding hydrogens is 325 g/mol. The Labute approximate surface area is 126 Å². The number of rotatable bonds is 5. The summed E-state index contributed by atoms with van der Waals surface area (Å²) in [6, 6.07) is 9.78. The number of alkyl halides is 1. The van der Waals surface area contributed by atoms with Crippen molar-refractivity contribution in [3.63, 3.8) is 0 Å². The quantitative estimate of drug-likeness (QED) is 0.676. The van der Waals surface area contributed by atoms with Gasteiger partial charge in [-0.2, -0.15) is 0 Å². The van der Waals surface area contributed by atoms with Crippen molar-refractivity contribution in [2.75, 3.05) is 4.90 Å². The minimum absolute atomic E-state index is 0.147. The predicted molar refractivity (Wildman–Crippen MR) is 84.7 cm³/mol. The molecule has 1 nitrogen and oxygen atoms in total. The molecule has 0 spiro atoms. The first kappa shape index (κ1) is 14.5. The molecule has 1 aromatic heterocycles. The number of thiophene rings is 1.